The highest BCUT2D eigenvalue weighted by Crippen LogP contribution is 2.31. The molecule has 218 valence electrons. The lowest BCUT2D eigenvalue weighted by molar-refractivity contribution is -0.117. The molecule has 4 aromatic rings. The van der Waals surface area contributed by atoms with Gasteiger partial charge in [-0.15, -0.1) is 5.10 Å². The smallest absolute Gasteiger partial charge is 0.238 e. The normalized spacial score (nSPS) is 18.2. The lowest BCUT2D eigenvalue weighted by atomic mass is 10.2. The van der Waals surface area contributed by atoms with Gasteiger partial charge in [0.25, 0.3) is 0 Å². The first-order valence-electron chi connectivity index (χ1n) is 13.2. The van der Waals surface area contributed by atoms with Crippen molar-refractivity contribution in [3.8, 4) is 0 Å². The number of sulfone groups is 1. The van der Waals surface area contributed by atoms with Crippen molar-refractivity contribution in [3.05, 3.63) is 54.4 Å². The molecule has 0 bridgehead atoms. The summed E-state index contributed by atoms with van der Waals surface area (Å²) in [7, 11) is -3.41. The Kier molecular flexibility index (Phi) is 8.10. The van der Waals surface area contributed by atoms with Crippen molar-refractivity contribution < 1.29 is 18.3 Å². The third kappa shape index (κ3) is 6.40. The van der Waals surface area contributed by atoms with Crippen LogP contribution in [-0.4, -0.2) is 84.9 Å². The van der Waals surface area contributed by atoms with Gasteiger partial charge in [-0.05, 0) is 82.3 Å². The van der Waals surface area contributed by atoms with Crippen LogP contribution in [0.4, 0.5) is 17.3 Å². The first-order chi connectivity index (χ1) is 19.4. The van der Waals surface area contributed by atoms with Crippen LogP contribution in [0.25, 0.3) is 5.52 Å². The molecule has 1 aromatic carbocycles. The lowest BCUT2D eigenvalue weighted by Crippen LogP contribution is -2.41. The Morgan fingerprint density at radius 1 is 1.22 bits per heavy atom. The Hall–Kier alpha value is -3.46. The number of nitrogens with one attached hydrogen (secondary N) is 3. The lowest BCUT2D eigenvalue weighted by Gasteiger charge is -2.24. The summed E-state index contributed by atoms with van der Waals surface area (Å²) in [6, 6.07) is 12.6. The monoisotopic (exact) mass is 598 g/mol. The molecule has 5 rings (SSSR count). The molecule has 1 fully saturated rings. The molecule has 4 N–H and O–H groups in total. The second-order valence-corrected chi connectivity index (χ2v) is 15.1. The van der Waals surface area contributed by atoms with Crippen molar-refractivity contribution in [1.29, 1.82) is 0 Å². The van der Waals surface area contributed by atoms with Gasteiger partial charge < -0.3 is 15.7 Å². The fourth-order valence-corrected chi connectivity index (χ4v) is 7.41. The number of aromatic amines is 1. The zero-order valence-electron chi connectivity index (χ0n) is 23.3. The van der Waals surface area contributed by atoms with Crippen LogP contribution in [0.1, 0.15) is 32.9 Å². The number of H-pyrrole nitrogens is 1. The van der Waals surface area contributed by atoms with Crippen molar-refractivity contribution in [2.75, 3.05) is 30.3 Å². The Bertz CT molecular complexity index is 1640. The maximum absolute atomic E-state index is 12.9. The van der Waals surface area contributed by atoms with Crippen LogP contribution in [0.3, 0.4) is 0 Å². The van der Waals surface area contributed by atoms with E-state index in [1.165, 1.54) is 11.8 Å². The largest absolute Gasteiger partial charge is 0.395 e. The van der Waals surface area contributed by atoms with Crippen molar-refractivity contribution in [1.82, 2.24) is 29.7 Å². The Labute approximate surface area is 242 Å². The van der Waals surface area contributed by atoms with E-state index >= 15 is 0 Å². The molecular weight excluding hydrogens is 564 g/mol. The molecule has 0 aliphatic carbocycles. The van der Waals surface area contributed by atoms with E-state index in [-0.39, 0.29) is 31.6 Å². The number of aliphatic hydroxyl groups is 1. The van der Waals surface area contributed by atoms with Crippen molar-refractivity contribution in [2.45, 2.75) is 60.2 Å². The molecule has 0 spiro atoms. The van der Waals surface area contributed by atoms with Crippen LogP contribution in [0.5, 0.6) is 0 Å². The molecule has 41 heavy (non-hydrogen) atoms. The minimum Gasteiger partial charge on any atom is -0.395 e. The second-order valence-electron chi connectivity index (χ2n) is 11.1. The van der Waals surface area contributed by atoms with E-state index in [9.17, 15) is 18.3 Å². The van der Waals surface area contributed by atoms with Crippen molar-refractivity contribution in [3.63, 3.8) is 0 Å². The van der Waals surface area contributed by atoms with Gasteiger partial charge in [0.15, 0.2) is 21.5 Å². The summed E-state index contributed by atoms with van der Waals surface area (Å²) in [5, 5.41) is 27.6. The molecule has 1 aliphatic rings. The van der Waals surface area contributed by atoms with E-state index in [0.29, 0.717) is 28.9 Å². The number of hydrogen-bond donors (Lipinski definition) is 4. The molecule has 0 saturated carbocycles. The molecule has 4 heterocycles. The SMILES string of the molecule is Cc1cc(Nc2nc(Sc3ccc(NC(=O)CN4C[C@H](S(=O)(=O)C(C)(C)C)C[C@H]4CO)cc3)nn3cccc23)n[nH]1. The Morgan fingerprint density at radius 2 is 1.98 bits per heavy atom. The van der Waals surface area contributed by atoms with Gasteiger partial charge in [-0.3, -0.25) is 14.8 Å². The summed E-state index contributed by atoms with van der Waals surface area (Å²) in [4.78, 5) is 20.1. The van der Waals surface area contributed by atoms with Gasteiger partial charge in [-0.1, -0.05) is 0 Å². The summed E-state index contributed by atoms with van der Waals surface area (Å²) < 4.78 is 26.7. The van der Waals surface area contributed by atoms with E-state index in [4.69, 9.17) is 0 Å². The summed E-state index contributed by atoms with van der Waals surface area (Å²) in [6.45, 7) is 6.96. The number of hydrogen-bond acceptors (Lipinski definition) is 10. The molecule has 14 heteroatoms. The quantitative estimate of drug-likeness (QED) is 0.225. The molecule has 0 unspecified atom stereocenters. The van der Waals surface area contributed by atoms with E-state index in [1.54, 1.807) is 42.3 Å². The van der Waals surface area contributed by atoms with E-state index in [0.717, 1.165) is 16.1 Å². The maximum atomic E-state index is 12.9. The maximum Gasteiger partial charge on any atom is 0.238 e. The van der Waals surface area contributed by atoms with Gasteiger partial charge in [0.2, 0.25) is 11.1 Å². The van der Waals surface area contributed by atoms with Crippen LogP contribution in [-0.2, 0) is 14.6 Å². The molecule has 1 saturated heterocycles. The van der Waals surface area contributed by atoms with Gasteiger partial charge >= 0.3 is 0 Å². The third-order valence-corrected chi connectivity index (χ3v) is 10.8. The summed E-state index contributed by atoms with van der Waals surface area (Å²) in [5.74, 6) is 1.01. The van der Waals surface area contributed by atoms with Crippen LogP contribution in [0.2, 0.25) is 0 Å². The fourth-order valence-electron chi connectivity index (χ4n) is 4.80. The predicted molar refractivity (Wildman–Crippen MR) is 158 cm³/mol. The standard InChI is InChI=1S/C27H34N8O4S2/c1-17-12-23(32-31-17)29-25-22-6-5-11-35(22)33-26(30-25)40-20-9-7-18(8-10-20)28-24(37)15-34-14-21(13-19(34)16-36)41(38,39)27(2,3)4/h5-12,19,21,36H,13-16H2,1-4H3,(H,28,37)(H2,29,30,31,32,33)/t19-,21+/m0/s1. The summed E-state index contributed by atoms with van der Waals surface area (Å²) >= 11 is 1.38. The van der Waals surface area contributed by atoms with E-state index < -0.39 is 19.8 Å². The summed E-state index contributed by atoms with van der Waals surface area (Å²) in [6.07, 6.45) is 2.16. The topological polar surface area (TPSA) is 158 Å². The molecular formula is C27H34N8O4S2. The zero-order valence-corrected chi connectivity index (χ0v) is 25.0. The first-order valence-corrected chi connectivity index (χ1v) is 15.6. The van der Waals surface area contributed by atoms with Crippen LogP contribution >= 0.6 is 11.8 Å². The highest BCUT2D eigenvalue weighted by molar-refractivity contribution is 7.99. The molecule has 3 aromatic heterocycles. The minimum atomic E-state index is -3.41. The van der Waals surface area contributed by atoms with E-state index in [1.807, 2.05) is 43.5 Å². The first kappa shape index (κ1) is 29.0. The number of aryl methyl sites for hydroxylation is 1. The number of nitrogens with zero attached hydrogens (tertiary/aromatic N) is 5. The van der Waals surface area contributed by atoms with Crippen molar-refractivity contribution in [2.24, 2.45) is 0 Å². The van der Waals surface area contributed by atoms with Crippen molar-refractivity contribution >= 4 is 50.3 Å². The Balaban J connectivity index is 1.22. The zero-order chi connectivity index (χ0) is 29.4. The second kappa shape index (κ2) is 11.4. The number of likely N-dealkylation sites (tertiary alicyclic amines) is 1. The van der Waals surface area contributed by atoms with Crippen LogP contribution in [0.15, 0.2) is 58.7 Å². The Morgan fingerprint density at radius 3 is 2.63 bits per heavy atom. The van der Waals surface area contributed by atoms with E-state index in [2.05, 4.69) is 30.9 Å². The molecule has 12 nitrogen and oxygen atoms in total. The number of aromatic nitrogens is 5. The average Bonchev–Trinajstić information content (AvgIpc) is 3.64. The number of carbonyl (C=O) groups is 1. The van der Waals surface area contributed by atoms with Crippen LogP contribution < -0.4 is 10.6 Å². The summed E-state index contributed by atoms with van der Waals surface area (Å²) in [5.41, 5.74) is 2.36. The number of amides is 1. The van der Waals surface area contributed by atoms with Gasteiger partial charge in [0.1, 0.15) is 5.52 Å². The van der Waals surface area contributed by atoms with Gasteiger partial charge in [-0.25, -0.2) is 17.9 Å². The van der Waals surface area contributed by atoms with Crippen LogP contribution in [0, 0.1) is 6.92 Å². The predicted octanol–water partition coefficient (Wildman–Crippen LogP) is 3.24. The third-order valence-electron chi connectivity index (χ3n) is 7.01. The molecule has 0 radical (unpaired) electrons. The highest BCUT2D eigenvalue weighted by Gasteiger charge is 2.44. The number of anilines is 3. The van der Waals surface area contributed by atoms with Gasteiger partial charge in [0, 0.05) is 41.1 Å². The van der Waals surface area contributed by atoms with Gasteiger partial charge in [-0.2, -0.15) is 5.10 Å². The fraction of sp³-hybridized carbons (Fsp3) is 0.407. The number of fused-ring (bicyclic) bond motifs is 1. The molecule has 1 amide bonds. The number of rotatable bonds is 9. The highest BCUT2D eigenvalue weighted by atomic mass is 32.2. The average molecular weight is 599 g/mol. The number of aliphatic hydroxyl groups excluding tert-OH is 1. The molecule has 2 atom stereocenters. The molecule has 1 aliphatic heterocycles. The number of carbonyl (C=O) groups excluding carboxylic acids is 1. The number of benzene rings is 1. The van der Waals surface area contributed by atoms with Gasteiger partial charge in [0.05, 0.1) is 23.1 Å². The minimum absolute atomic E-state index is 0.00603.